The van der Waals surface area contributed by atoms with Crippen LogP contribution in [-0.2, 0) is 5.60 Å². The maximum atomic E-state index is 13.9. The monoisotopic (exact) mass is 400 g/mol. The number of alkyl halides is 3. The summed E-state index contributed by atoms with van der Waals surface area (Å²) in [5.41, 5.74) is -3.31. The molecule has 2 aromatic carbocycles. The molecule has 0 spiro atoms. The van der Waals surface area contributed by atoms with Crippen LogP contribution in [0.5, 0.6) is 0 Å². The van der Waals surface area contributed by atoms with E-state index in [2.05, 4.69) is 10.1 Å². The number of benzene rings is 2. The molecule has 0 radical (unpaired) electrons. The van der Waals surface area contributed by atoms with Gasteiger partial charge in [0.05, 0.1) is 17.4 Å². The molecule has 2 aromatic heterocycles. The van der Waals surface area contributed by atoms with E-state index in [0.717, 1.165) is 18.3 Å². The van der Waals surface area contributed by atoms with Crippen LogP contribution in [0, 0.1) is 17.1 Å². The Morgan fingerprint density at radius 3 is 2.38 bits per heavy atom. The van der Waals surface area contributed by atoms with Crippen LogP contribution in [0.3, 0.4) is 0 Å². The lowest BCUT2D eigenvalue weighted by atomic mass is 9.86. The molecule has 146 valence electrons. The minimum atomic E-state index is -5.04. The molecule has 29 heavy (non-hydrogen) atoms. The van der Waals surface area contributed by atoms with Gasteiger partial charge in [0.25, 0.3) is 0 Å². The molecule has 0 fully saturated rings. The Balaban J connectivity index is 1.86. The van der Waals surface area contributed by atoms with Gasteiger partial charge < -0.3 is 10.1 Å². The average molecular weight is 400 g/mol. The van der Waals surface area contributed by atoms with Crippen LogP contribution in [-0.4, -0.2) is 26.0 Å². The highest BCUT2D eigenvalue weighted by Crippen LogP contribution is 2.45. The van der Waals surface area contributed by atoms with E-state index in [1.165, 1.54) is 47.3 Å². The lowest BCUT2D eigenvalue weighted by molar-refractivity contribution is -0.248. The molecule has 0 aliphatic heterocycles. The number of aromatic amines is 1. The van der Waals surface area contributed by atoms with Crippen molar-refractivity contribution in [3.05, 3.63) is 83.6 Å². The Morgan fingerprint density at radius 1 is 1.03 bits per heavy atom. The number of H-pyrrole nitrogens is 1. The quantitative estimate of drug-likeness (QED) is 0.507. The predicted molar refractivity (Wildman–Crippen MR) is 95.6 cm³/mol. The van der Waals surface area contributed by atoms with Gasteiger partial charge in [-0.05, 0) is 48.0 Å². The van der Waals surface area contributed by atoms with Crippen molar-refractivity contribution in [3.8, 4) is 11.8 Å². The Hall–Kier alpha value is -3.64. The molecule has 5 nitrogen and oxygen atoms in total. The van der Waals surface area contributed by atoms with Gasteiger partial charge in [0.1, 0.15) is 17.6 Å². The van der Waals surface area contributed by atoms with Crippen molar-refractivity contribution < 1.29 is 22.7 Å². The van der Waals surface area contributed by atoms with Crippen molar-refractivity contribution in [2.24, 2.45) is 0 Å². The molecule has 0 aliphatic carbocycles. The van der Waals surface area contributed by atoms with Gasteiger partial charge in [-0.2, -0.15) is 23.5 Å². The standard InChI is InChI=1S/C20H12F4N4O/c21-15-2-4-17(5-3-15)28-18-6-1-13(7-12(18)10-27-28)19(29,20(22,23)24)14-8-16(9-25)26-11-14/h1-8,10-11,26,29H. The van der Waals surface area contributed by atoms with Crippen molar-refractivity contribution in [3.63, 3.8) is 0 Å². The number of hydrogen-bond donors (Lipinski definition) is 2. The minimum absolute atomic E-state index is 0.104. The largest absolute Gasteiger partial charge is 0.425 e. The Kier molecular flexibility index (Phi) is 4.17. The highest BCUT2D eigenvalue weighted by Gasteiger charge is 2.56. The molecule has 0 saturated heterocycles. The zero-order valence-corrected chi connectivity index (χ0v) is 14.6. The van der Waals surface area contributed by atoms with Gasteiger partial charge >= 0.3 is 6.18 Å². The molecule has 1 unspecified atom stereocenters. The third-order valence-corrected chi connectivity index (χ3v) is 4.69. The van der Waals surface area contributed by atoms with Crippen LogP contribution in [0.4, 0.5) is 17.6 Å². The maximum Gasteiger partial charge on any atom is 0.425 e. The summed E-state index contributed by atoms with van der Waals surface area (Å²) in [6.45, 7) is 0. The van der Waals surface area contributed by atoms with Gasteiger partial charge in [-0.15, -0.1) is 0 Å². The van der Waals surface area contributed by atoms with Crippen LogP contribution in [0.2, 0.25) is 0 Å². The molecule has 2 N–H and O–H groups in total. The first-order valence-electron chi connectivity index (χ1n) is 8.36. The summed E-state index contributed by atoms with van der Waals surface area (Å²) >= 11 is 0. The molecular formula is C20H12F4N4O. The van der Waals surface area contributed by atoms with Crippen molar-refractivity contribution in [1.29, 1.82) is 5.26 Å². The normalized spacial score (nSPS) is 13.9. The van der Waals surface area contributed by atoms with Gasteiger partial charge in [-0.1, -0.05) is 6.07 Å². The molecule has 2 heterocycles. The number of rotatable bonds is 3. The van der Waals surface area contributed by atoms with E-state index in [0.29, 0.717) is 16.6 Å². The Labute approximate surface area is 161 Å². The molecule has 0 aliphatic rings. The summed E-state index contributed by atoms with van der Waals surface area (Å²) in [7, 11) is 0. The summed E-state index contributed by atoms with van der Waals surface area (Å²) in [5, 5.41) is 24.1. The molecule has 4 rings (SSSR count). The minimum Gasteiger partial charge on any atom is -0.372 e. The summed E-state index contributed by atoms with van der Waals surface area (Å²) < 4.78 is 56.3. The van der Waals surface area contributed by atoms with Gasteiger partial charge in [0, 0.05) is 17.1 Å². The van der Waals surface area contributed by atoms with Gasteiger partial charge in [0.15, 0.2) is 0 Å². The second-order valence-electron chi connectivity index (χ2n) is 6.43. The van der Waals surface area contributed by atoms with Crippen molar-refractivity contribution in [1.82, 2.24) is 14.8 Å². The van der Waals surface area contributed by atoms with Crippen LogP contribution in [0.25, 0.3) is 16.6 Å². The molecule has 1 atom stereocenters. The number of nitrogens with one attached hydrogen (secondary N) is 1. The first-order valence-corrected chi connectivity index (χ1v) is 8.36. The molecule has 0 amide bonds. The number of hydrogen-bond acceptors (Lipinski definition) is 3. The Bertz CT molecular complexity index is 1230. The van der Waals surface area contributed by atoms with E-state index in [9.17, 15) is 22.7 Å². The van der Waals surface area contributed by atoms with Gasteiger partial charge in [0.2, 0.25) is 5.60 Å². The number of nitrogens with zero attached hydrogens (tertiary/aromatic N) is 3. The summed E-state index contributed by atoms with van der Waals surface area (Å²) in [5.74, 6) is -0.425. The second kappa shape index (κ2) is 6.46. The van der Waals surface area contributed by atoms with E-state index >= 15 is 0 Å². The van der Waals surface area contributed by atoms with Gasteiger partial charge in [-0.3, -0.25) is 0 Å². The summed E-state index contributed by atoms with van der Waals surface area (Å²) in [4.78, 5) is 2.40. The van der Waals surface area contributed by atoms with Crippen molar-refractivity contribution in [2.75, 3.05) is 0 Å². The third-order valence-electron chi connectivity index (χ3n) is 4.69. The van der Waals surface area contributed by atoms with E-state index in [1.807, 2.05) is 0 Å². The number of aromatic nitrogens is 3. The molecule has 9 heteroatoms. The highest BCUT2D eigenvalue weighted by molar-refractivity contribution is 5.81. The summed E-state index contributed by atoms with van der Waals surface area (Å²) in [6.07, 6.45) is -2.72. The fraction of sp³-hybridized carbons (Fsp3) is 0.100. The van der Waals surface area contributed by atoms with Crippen molar-refractivity contribution in [2.45, 2.75) is 11.8 Å². The van der Waals surface area contributed by atoms with Crippen LogP contribution in [0.15, 0.2) is 60.9 Å². The lowest BCUT2D eigenvalue weighted by Gasteiger charge is -2.30. The smallest absolute Gasteiger partial charge is 0.372 e. The topological polar surface area (TPSA) is 77.6 Å². The Morgan fingerprint density at radius 2 is 1.76 bits per heavy atom. The average Bonchev–Trinajstić information content (AvgIpc) is 3.34. The van der Waals surface area contributed by atoms with Crippen molar-refractivity contribution >= 4 is 10.9 Å². The van der Waals surface area contributed by atoms with E-state index in [-0.39, 0.29) is 5.69 Å². The number of aliphatic hydroxyl groups is 1. The highest BCUT2D eigenvalue weighted by atomic mass is 19.4. The fourth-order valence-corrected chi connectivity index (χ4v) is 3.21. The van der Waals surface area contributed by atoms with Crippen LogP contribution in [0.1, 0.15) is 16.8 Å². The first-order chi connectivity index (χ1) is 13.7. The molecule has 4 aromatic rings. The zero-order chi connectivity index (χ0) is 20.8. The first kappa shape index (κ1) is 18.7. The molecular weight excluding hydrogens is 388 g/mol. The summed E-state index contributed by atoms with van der Waals surface area (Å²) in [6, 6.07) is 11.9. The van der Waals surface area contributed by atoms with E-state index in [4.69, 9.17) is 5.26 Å². The maximum absolute atomic E-state index is 13.9. The molecule has 0 saturated carbocycles. The molecule has 0 bridgehead atoms. The number of nitriles is 1. The number of fused-ring (bicyclic) bond motifs is 1. The predicted octanol–water partition coefficient (Wildman–Crippen LogP) is 4.16. The zero-order valence-electron chi connectivity index (χ0n) is 14.6. The lowest BCUT2D eigenvalue weighted by Crippen LogP contribution is -2.43. The van der Waals surface area contributed by atoms with Crippen LogP contribution >= 0.6 is 0 Å². The third kappa shape index (κ3) is 2.94. The fourth-order valence-electron chi connectivity index (χ4n) is 3.21. The SMILES string of the molecule is N#Cc1cc(C(O)(c2ccc3c(cnn3-c3ccc(F)cc3)c2)C(F)(F)F)c[nH]1. The van der Waals surface area contributed by atoms with E-state index < -0.39 is 28.7 Å². The second-order valence-corrected chi connectivity index (χ2v) is 6.43. The van der Waals surface area contributed by atoms with E-state index in [1.54, 1.807) is 6.07 Å². The van der Waals surface area contributed by atoms with Crippen LogP contribution < -0.4 is 0 Å². The van der Waals surface area contributed by atoms with Gasteiger partial charge in [-0.25, -0.2) is 9.07 Å². The number of halogens is 4.